The predicted octanol–water partition coefficient (Wildman–Crippen LogP) is 2.93. The number of halogens is 1. The van der Waals surface area contributed by atoms with Crippen molar-refractivity contribution in [1.82, 2.24) is 24.8 Å². The van der Waals surface area contributed by atoms with Gasteiger partial charge in [0.2, 0.25) is 0 Å². The number of benzene rings is 1. The smallest absolute Gasteiger partial charge is 0.267 e. The summed E-state index contributed by atoms with van der Waals surface area (Å²) >= 11 is 6.10. The average Bonchev–Trinajstić information content (AvgIpc) is 3.14. The number of pyridine rings is 2. The van der Waals surface area contributed by atoms with Crippen LogP contribution in [-0.2, 0) is 0 Å². The maximum Gasteiger partial charge on any atom is 0.270 e. The van der Waals surface area contributed by atoms with Gasteiger partial charge in [-0.05, 0) is 36.4 Å². The highest BCUT2D eigenvalue weighted by Gasteiger charge is 2.15. The van der Waals surface area contributed by atoms with E-state index in [4.69, 9.17) is 11.6 Å². The van der Waals surface area contributed by atoms with E-state index >= 15 is 0 Å². The molecule has 0 saturated carbocycles. The highest BCUT2D eigenvalue weighted by Crippen LogP contribution is 2.27. The zero-order valence-corrected chi connectivity index (χ0v) is 13.6. The first-order chi connectivity index (χ1) is 12.2. The van der Waals surface area contributed by atoms with Crippen molar-refractivity contribution in [2.75, 3.05) is 5.43 Å². The minimum atomic E-state index is -0.315. The zero-order chi connectivity index (χ0) is 17.2. The first-order valence-electron chi connectivity index (χ1n) is 7.37. The molecule has 0 fully saturated rings. The molecule has 8 heteroatoms. The Labute approximate surface area is 147 Å². The van der Waals surface area contributed by atoms with Crippen LogP contribution >= 0.6 is 11.6 Å². The Bertz CT molecular complexity index is 1050. The number of hydrogen-bond donors (Lipinski definition) is 1. The summed E-state index contributed by atoms with van der Waals surface area (Å²) in [6.07, 6.45) is 6.16. The summed E-state index contributed by atoms with van der Waals surface area (Å²) in [5.74, 6) is -0.315. The lowest BCUT2D eigenvalue weighted by Gasteiger charge is -2.11. The van der Waals surface area contributed by atoms with E-state index in [2.05, 4.69) is 25.6 Å². The number of nitrogens with zero attached hydrogens (tertiary/aromatic N) is 5. The zero-order valence-electron chi connectivity index (χ0n) is 12.8. The molecule has 3 heterocycles. The summed E-state index contributed by atoms with van der Waals surface area (Å²) in [5.41, 5.74) is 5.36. The molecule has 0 saturated heterocycles. The van der Waals surface area contributed by atoms with E-state index in [0.29, 0.717) is 27.2 Å². The van der Waals surface area contributed by atoms with Gasteiger partial charge in [-0.2, -0.15) is 0 Å². The summed E-state index contributed by atoms with van der Waals surface area (Å²) in [4.78, 5) is 21.4. The summed E-state index contributed by atoms with van der Waals surface area (Å²) in [6.45, 7) is 0. The van der Waals surface area contributed by atoms with Crippen LogP contribution in [0.25, 0.3) is 22.2 Å². The molecule has 0 bridgehead atoms. The van der Waals surface area contributed by atoms with E-state index in [0.717, 1.165) is 5.56 Å². The number of amides is 1. The molecule has 0 aliphatic carbocycles. The van der Waals surface area contributed by atoms with Gasteiger partial charge < -0.3 is 0 Å². The molecule has 4 aromatic rings. The van der Waals surface area contributed by atoms with E-state index < -0.39 is 0 Å². The SMILES string of the molecule is O=C(Nn1cnnc1)c1cc(-c2ccncc2)nc2ccc(Cl)cc12. The van der Waals surface area contributed by atoms with E-state index in [1.165, 1.54) is 17.3 Å². The summed E-state index contributed by atoms with van der Waals surface area (Å²) in [7, 11) is 0. The minimum absolute atomic E-state index is 0.315. The highest BCUT2D eigenvalue weighted by molar-refractivity contribution is 6.31. The molecule has 122 valence electrons. The van der Waals surface area contributed by atoms with Crippen LogP contribution in [0.4, 0.5) is 0 Å². The van der Waals surface area contributed by atoms with E-state index in [9.17, 15) is 4.79 Å². The van der Waals surface area contributed by atoms with Gasteiger partial charge in [0.15, 0.2) is 0 Å². The second kappa shape index (κ2) is 6.29. The summed E-state index contributed by atoms with van der Waals surface area (Å²) in [6, 6.07) is 10.7. The molecule has 1 N–H and O–H groups in total. The maximum atomic E-state index is 12.8. The van der Waals surface area contributed by atoms with Crippen molar-refractivity contribution < 1.29 is 4.79 Å². The number of hydrogen-bond acceptors (Lipinski definition) is 5. The van der Waals surface area contributed by atoms with E-state index in [-0.39, 0.29) is 5.91 Å². The Kier molecular flexibility index (Phi) is 3.83. The lowest BCUT2D eigenvalue weighted by molar-refractivity contribution is 0.101. The molecule has 0 aliphatic heterocycles. The lowest BCUT2D eigenvalue weighted by atomic mass is 10.0. The Morgan fingerprint density at radius 2 is 1.80 bits per heavy atom. The van der Waals surface area contributed by atoms with Crippen LogP contribution in [0, 0.1) is 0 Å². The van der Waals surface area contributed by atoms with Crippen LogP contribution in [0.5, 0.6) is 0 Å². The topological polar surface area (TPSA) is 85.6 Å². The standard InChI is InChI=1S/C17H11ClN6O/c18-12-1-2-15-13(7-12)14(17(25)23-24-9-20-21-10-24)8-16(22-15)11-3-5-19-6-4-11/h1-10H,(H,23,25). The van der Waals surface area contributed by atoms with E-state index in [1.54, 1.807) is 36.7 Å². The number of carbonyl (C=O) groups excluding carboxylic acids is 1. The van der Waals surface area contributed by atoms with Crippen molar-refractivity contribution in [3.05, 3.63) is 72.0 Å². The van der Waals surface area contributed by atoms with Crippen LogP contribution in [-0.4, -0.2) is 30.7 Å². The molecule has 1 amide bonds. The molecule has 7 nitrogen and oxygen atoms in total. The van der Waals surface area contributed by atoms with Gasteiger partial charge in [-0.3, -0.25) is 15.2 Å². The Hall–Kier alpha value is -3.32. The number of nitrogens with one attached hydrogen (secondary N) is 1. The molecule has 0 unspecified atom stereocenters. The first kappa shape index (κ1) is 15.2. The number of rotatable bonds is 3. The van der Waals surface area contributed by atoms with Crippen molar-refractivity contribution in [3.63, 3.8) is 0 Å². The Morgan fingerprint density at radius 1 is 1.04 bits per heavy atom. The van der Waals surface area contributed by atoms with Crippen molar-refractivity contribution in [1.29, 1.82) is 0 Å². The second-order valence-corrected chi connectivity index (χ2v) is 5.70. The molecule has 0 spiro atoms. The molecule has 25 heavy (non-hydrogen) atoms. The van der Waals surface area contributed by atoms with Crippen LogP contribution in [0.2, 0.25) is 5.02 Å². The average molecular weight is 351 g/mol. The number of fused-ring (bicyclic) bond motifs is 1. The van der Waals surface area contributed by atoms with Gasteiger partial charge in [0.1, 0.15) is 12.7 Å². The fourth-order valence-corrected chi connectivity index (χ4v) is 2.66. The first-order valence-corrected chi connectivity index (χ1v) is 7.75. The Morgan fingerprint density at radius 3 is 2.56 bits per heavy atom. The number of carbonyl (C=O) groups is 1. The minimum Gasteiger partial charge on any atom is -0.267 e. The monoisotopic (exact) mass is 350 g/mol. The lowest BCUT2D eigenvalue weighted by Crippen LogP contribution is -2.22. The van der Waals surface area contributed by atoms with Crippen LogP contribution in [0.15, 0.2) is 61.4 Å². The van der Waals surface area contributed by atoms with Gasteiger partial charge in [-0.15, -0.1) is 10.2 Å². The molecule has 0 aliphatic rings. The summed E-state index contributed by atoms with van der Waals surface area (Å²) in [5, 5.41) is 8.53. The Balaban J connectivity index is 1.87. The van der Waals surface area contributed by atoms with Gasteiger partial charge in [0, 0.05) is 28.4 Å². The normalized spacial score (nSPS) is 10.8. The van der Waals surface area contributed by atoms with E-state index in [1.807, 2.05) is 12.1 Å². The molecule has 1 aromatic carbocycles. The van der Waals surface area contributed by atoms with Crippen molar-refractivity contribution in [2.45, 2.75) is 0 Å². The van der Waals surface area contributed by atoms with Gasteiger partial charge in [0.25, 0.3) is 5.91 Å². The fourth-order valence-electron chi connectivity index (χ4n) is 2.49. The summed E-state index contributed by atoms with van der Waals surface area (Å²) < 4.78 is 1.38. The molecule has 0 radical (unpaired) electrons. The van der Waals surface area contributed by atoms with Gasteiger partial charge in [0.05, 0.1) is 16.8 Å². The molecular formula is C17H11ClN6O. The van der Waals surface area contributed by atoms with Crippen LogP contribution < -0.4 is 5.43 Å². The van der Waals surface area contributed by atoms with Crippen molar-refractivity contribution >= 4 is 28.4 Å². The van der Waals surface area contributed by atoms with Gasteiger partial charge in [-0.1, -0.05) is 11.6 Å². The fraction of sp³-hybridized carbons (Fsp3) is 0. The largest absolute Gasteiger partial charge is 0.270 e. The maximum absolute atomic E-state index is 12.8. The van der Waals surface area contributed by atoms with Crippen LogP contribution in [0.1, 0.15) is 10.4 Å². The predicted molar refractivity (Wildman–Crippen MR) is 93.7 cm³/mol. The quantitative estimate of drug-likeness (QED) is 0.614. The molecule has 4 rings (SSSR count). The van der Waals surface area contributed by atoms with Crippen molar-refractivity contribution in [2.24, 2.45) is 0 Å². The molecule has 3 aromatic heterocycles. The van der Waals surface area contributed by atoms with Crippen molar-refractivity contribution in [3.8, 4) is 11.3 Å². The molecular weight excluding hydrogens is 340 g/mol. The number of aromatic nitrogens is 5. The van der Waals surface area contributed by atoms with Gasteiger partial charge in [-0.25, -0.2) is 9.66 Å². The third kappa shape index (κ3) is 3.05. The van der Waals surface area contributed by atoms with Gasteiger partial charge >= 0.3 is 0 Å². The molecule has 0 atom stereocenters. The third-order valence-electron chi connectivity index (χ3n) is 3.64. The third-order valence-corrected chi connectivity index (χ3v) is 3.88. The van der Waals surface area contributed by atoms with Crippen LogP contribution in [0.3, 0.4) is 0 Å². The second-order valence-electron chi connectivity index (χ2n) is 5.26. The highest BCUT2D eigenvalue weighted by atomic mass is 35.5.